The quantitative estimate of drug-likeness (QED) is 0.715. The highest BCUT2D eigenvalue weighted by molar-refractivity contribution is 5.47. The molecule has 2 saturated heterocycles. The van der Waals surface area contributed by atoms with Crippen molar-refractivity contribution < 1.29 is 9.84 Å². The Morgan fingerprint density at radius 3 is 1.17 bits per heavy atom. The van der Waals surface area contributed by atoms with Crippen molar-refractivity contribution in [1.82, 2.24) is 10.6 Å². The first-order chi connectivity index (χ1) is 14.3. The zero-order valence-corrected chi connectivity index (χ0v) is 18.2. The average molecular weight is 403 g/mol. The Morgan fingerprint density at radius 1 is 0.621 bits per heavy atom. The van der Waals surface area contributed by atoms with E-state index in [4.69, 9.17) is 5.11 Å². The standard InChI is InChI=1S/2C10H14N2.C2H6O.CH4O/c2*1-2-4-10(5-3-1)12-8-6-11-7-9-12;1-3-2;1-2/h2*1-5,11H,6-9H2;1-2H3;2H,1H3. The molecule has 2 aliphatic rings. The van der Waals surface area contributed by atoms with E-state index in [2.05, 4.69) is 85.8 Å². The molecule has 2 heterocycles. The molecule has 0 aliphatic carbocycles. The van der Waals surface area contributed by atoms with Gasteiger partial charge >= 0.3 is 0 Å². The number of aliphatic hydroxyl groups is 1. The third kappa shape index (κ3) is 10.3. The van der Waals surface area contributed by atoms with Gasteiger partial charge in [0, 0.05) is 85.1 Å². The molecule has 4 rings (SSSR count). The van der Waals surface area contributed by atoms with Gasteiger partial charge in [0.1, 0.15) is 0 Å². The molecular formula is C23H38N4O2. The van der Waals surface area contributed by atoms with Crippen LogP contribution in [0.25, 0.3) is 0 Å². The second-order valence-electron chi connectivity index (χ2n) is 6.55. The number of benzene rings is 2. The van der Waals surface area contributed by atoms with Crippen molar-refractivity contribution in [3.8, 4) is 0 Å². The fourth-order valence-corrected chi connectivity index (χ4v) is 3.12. The van der Waals surface area contributed by atoms with Crippen LogP contribution in [0.3, 0.4) is 0 Å². The molecule has 0 atom stereocenters. The van der Waals surface area contributed by atoms with E-state index in [0.29, 0.717) is 0 Å². The monoisotopic (exact) mass is 402 g/mol. The summed E-state index contributed by atoms with van der Waals surface area (Å²) >= 11 is 0. The normalized spacial score (nSPS) is 15.6. The average Bonchev–Trinajstić information content (AvgIpc) is 2.84. The second-order valence-corrected chi connectivity index (χ2v) is 6.55. The van der Waals surface area contributed by atoms with Crippen LogP contribution in [0.15, 0.2) is 60.7 Å². The van der Waals surface area contributed by atoms with Gasteiger partial charge in [-0.2, -0.15) is 0 Å². The Balaban J connectivity index is 0.000000238. The van der Waals surface area contributed by atoms with Crippen molar-refractivity contribution in [2.24, 2.45) is 0 Å². The van der Waals surface area contributed by atoms with Crippen molar-refractivity contribution >= 4 is 11.4 Å². The summed E-state index contributed by atoms with van der Waals surface area (Å²) in [6.07, 6.45) is 0. The minimum atomic E-state index is 1.00. The van der Waals surface area contributed by atoms with Crippen LogP contribution >= 0.6 is 0 Å². The predicted octanol–water partition coefficient (Wildman–Crippen LogP) is 2.06. The summed E-state index contributed by atoms with van der Waals surface area (Å²) in [4.78, 5) is 4.83. The number of ether oxygens (including phenoxy) is 1. The van der Waals surface area contributed by atoms with E-state index in [0.717, 1.165) is 59.5 Å². The second kappa shape index (κ2) is 16.8. The van der Waals surface area contributed by atoms with Gasteiger partial charge in [0.2, 0.25) is 0 Å². The lowest BCUT2D eigenvalue weighted by Crippen LogP contribution is -2.43. The third-order valence-corrected chi connectivity index (χ3v) is 4.48. The van der Waals surface area contributed by atoms with Crippen LogP contribution in [0.5, 0.6) is 0 Å². The van der Waals surface area contributed by atoms with E-state index in [1.54, 1.807) is 14.2 Å². The summed E-state index contributed by atoms with van der Waals surface area (Å²) < 4.78 is 4.25. The molecule has 162 valence electrons. The maximum absolute atomic E-state index is 7.00. The SMILES string of the molecule is CO.COC.c1ccc(N2CCNCC2)cc1.c1ccc(N2CCNCC2)cc1. The molecule has 0 spiro atoms. The number of piperazine rings is 2. The summed E-state index contributed by atoms with van der Waals surface area (Å²) in [7, 11) is 4.25. The van der Waals surface area contributed by atoms with Gasteiger partial charge < -0.3 is 30.3 Å². The highest BCUT2D eigenvalue weighted by atomic mass is 16.4. The van der Waals surface area contributed by atoms with Gasteiger partial charge in [-0.25, -0.2) is 0 Å². The van der Waals surface area contributed by atoms with E-state index >= 15 is 0 Å². The zero-order valence-electron chi connectivity index (χ0n) is 18.2. The largest absolute Gasteiger partial charge is 0.400 e. The van der Waals surface area contributed by atoms with Gasteiger partial charge in [0.25, 0.3) is 0 Å². The minimum Gasteiger partial charge on any atom is -0.400 e. The van der Waals surface area contributed by atoms with E-state index in [9.17, 15) is 0 Å². The molecule has 0 saturated carbocycles. The summed E-state index contributed by atoms with van der Waals surface area (Å²) in [6.45, 7) is 8.94. The molecule has 2 fully saturated rings. The lowest BCUT2D eigenvalue weighted by molar-refractivity contribution is 0.277. The van der Waals surface area contributed by atoms with Gasteiger partial charge in [0.15, 0.2) is 0 Å². The first-order valence-corrected chi connectivity index (χ1v) is 10.2. The highest BCUT2D eigenvalue weighted by Gasteiger charge is 2.09. The van der Waals surface area contributed by atoms with Crippen molar-refractivity contribution in [3.05, 3.63) is 60.7 Å². The topological polar surface area (TPSA) is 60.0 Å². The Hall–Kier alpha value is -2.12. The van der Waals surface area contributed by atoms with Gasteiger partial charge in [-0.3, -0.25) is 0 Å². The third-order valence-electron chi connectivity index (χ3n) is 4.48. The Morgan fingerprint density at radius 2 is 0.897 bits per heavy atom. The fourth-order valence-electron chi connectivity index (χ4n) is 3.12. The molecule has 0 amide bonds. The molecule has 0 unspecified atom stereocenters. The van der Waals surface area contributed by atoms with Crippen LogP contribution in [-0.2, 0) is 4.74 Å². The van der Waals surface area contributed by atoms with E-state index in [-0.39, 0.29) is 0 Å². The molecule has 2 aromatic rings. The van der Waals surface area contributed by atoms with Gasteiger partial charge in [-0.15, -0.1) is 0 Å². The molecule has 0 radical (unpaired) electrons. The maximum atomic E-state index is 7.00. The van der Waals surface area contributed by atoms with Crippen LogP contribution in [-0.4, -0.2) is 78.8 Å². The van der Waals surface area contributed by atoms with Crippen molar-refractivity contribution in [2.45, 2.75) is 0 Å². The number of nitrogens with zero attached hydrogens (tertiary/aromatic N) is 2. The van der Waals surface area contributed by atoms with Crippen LogP contribution in [0.4, 0.5) is 11.4 Å². The van der Waals surface area contributed by atoms with Gasteiger partial charge in [-0.1, -0.05) is 36.4 Å². The Kier molecular flexibility index (Phi) is 14.4. The fraction of sp³-hybridized carbons (Fsp3) is 0.478. The smallest absolute Gasteiger partial charge is 0.0367 e. The molecule has 3 N–H and O–H groups in total. The van der Waals surface area contributed by atoms with Crippen molar-refractivity contribution in [2.75, 3.05) is 83.5 Å². The van der Waals surface area contributed by atoms with Gasteiger partial charge in [-0.05, 0) is 24.3 Å². The van der Waals surface area contributed by atoms with Crippen LogP contribution in [0.1, 0.15) is 0 Å². The number of hydrogen-bond donors (Lipinski definition) is 3. The molecule has 2 aromatic carbocycles. The summed E-state index contributed by atoms with van der Waals surface area (Å²) in [6, 6.07) is 21.2. The lowest BCUT2D eigenvalue weighted by Gasteiger charge is -2.29. The first-order valence-electron chi connectivity index (χ1n) is 10.2. The van der Waals surface area contributed by atoms with Crippen LogP contribution < -0.4 is 20.4 Å². The number of anilines is 2. The summed E-state index contributed by atoms with van der Waals surface area (Å²) in [5, 5.41) is 13.7. The van der Waals surface area contributed by atoms with E-state index < -0.39 is 0 Å². The number of nitrogens with one attached hydrogen (secondary N) is 2. The molecular weight excluding hydrogens is 364 g/mol. The van der Waals surface area contributed by atoms with Crippen molar-refractivity contribution in [3.63, 3.8) is 0 Å². The number of para-hydroxylation sites is 2. The maximum Gasteiger partial charge on any atom is 0.0367 e. The first kappa shape index (κ1) is 24.9. The zero-order chi connectivity index (χ0) is 21.2. The molecule has 2 aliphatic heterocycles. The summed E-state index contributed by atoms with van der Waals surface area (Å²) in [5.74, 6) is 0. The van der Waals surface area contributed by atoms with Crippen LogP contribution in [0, 0.1) is 0 Å². The van der Waals surface area contributed by atoms with E-state index in [1.165, 1.54) is 11.4 Å². The number of methoxy groups -OCH3 is 1. The van der Waals surface area contributed by atoms with Crippen molar-refractivity contribution in [1.29, 1.82) is 0 Å². The summed E-state index contributed by atoms with van der Waals surface area (Å²) in [5.41, 5.74) is 2.69. The predicted molar refractivity (Wildman–Crippen MR) is 124 cm³/mol. The Bertz CT molecular complexity index is 533. The highest BCUT2D eigenvalue weighted by Crippen LogP contribution is 2.13. The molecule has 0 aromatic heterocycles. The number of rotatable bonds is 2. The Labute approximate surface area is 176 Å². The number of aliphatic hydroxyl groups excluding tert-OH is 1. The molecule has 6 heteroatoms. The molecule has 6 nitrogen and oxygen atoms in total. The van der Waals surface area contributed by atoms with Gasteiger partial charge in [0.05, 0.1) is 0 Å². The molecule has 29 heavy (non-hydrogen) atoms. The minimum absolute atomic E-state index is 1.00. The molecule has 0 bridgehead atoms. The lowest BCUT2D eigenvalue weighted by atomic mass is 10.2. The van der Waals surface area contributed by atoms with E-state index in [1.807, 2.05) is 0 Å². The number of hydrogen-bond acceptors (Lipinski definition) is 6. The van der Waals surface area contributed by atoms with Crippen LogP contribution in [0.2, 0.25) is 0 Å².